The van der Waals surface area contributed by atoms with Crippen molar-refractivity contribution in [3.8, 4) is 0 Å². The Morgan fingerprint density at radius 3 is 2.39 bits per heavy atom. The van der Waals surface area contributed by atoms with Gasteiger partial charge in [0.25, 0.3) is 11.8 Å². The van der Waals surface area contributed by atoms with E-state index in [0.29, 0.717) is 35.3 Å². The molecule has 8 heteroatoms. The SMILES string of the molecule is CC(C)(C)OC(=O)CN1CCc2cc(NC(=O)c3ccc(C(N)=S)cc3)ccc2C1=O. The molecule has 0 aromatic heterocycles. The fourth-order valence-corrected chi connectivity index (χ4v) is 3.42. The van der Waals surface area contributed by atoms with Crippen LogP contribution in [-0.4, -0.2) is 46.4 Å². The van der Waals surface area contributed by atoms with Gasteiger partial charge in [-0.25, -0.2) is 0 Å². The lowest BCUT2D eigenvalue weighted by atomic mass is 9.98. The van der Waals surface area contributed by atoms with Gasteiger partial charge in [-0.15, -0.1) is 0 Å². The standard InChI is InChI=1S/C23H25N3O4S/c1-23(2,3)30-19(27)13-26-11-10-16-12-17(8-9-18(16)22(26)29)25-21(28)15-6-4-14(5-7-15)20(24)31/h4-9,12H,10-11,13H2,1-3H3,(H2,24,31)(H,25,28). The van der Waals surface area contributed by atoms with Crippen molar-refractivity contribution in [1.29, 1.82) is 0 Å². The van der Waals surface area contributed by atoms with Gasteiger partial charge in [-0.05, 0) is 63.1 Å². The lowest BCUT2D eigenvalue weighted by molar-refractivity contribution is -0.155. The molecule has 1 aliphatic rings. The van der Waals surface area contributed by atoms with Gasteiger partial charge >= 0.3 is 5.97 Å². The van der Waals surface area contributed by atoms with Gasteiger partial charge in [0.1, 0.15) is 17.1 Å². The van der Waals surface area contributed by atoms with Crippen LogP contribution in [0.3, 0.4) is 0 Å². The van der Waals surface area contributed by atoms with Gasteiger partial charge in [0.05, 0.1) is 0 Å². The molecule has 0 aliphatic carbocycles. The van der Waals surface area contributed by atoms with E-state index in [-0.39, 0.29) is 23.3 Å². The van der Waals surface area contributed by atoms with Crippen molar-refractivity contribution in [2.45, 2.75) is 32.8 Å². The molecule has 0 fully saturated rings. The molecule has 0 saturated carbocycles. The molecule has 0 saturated heterocycles. The minimum atomic E-state index is -0.600. The molecule has 0 spiro atoms. The van der Waals surface area contributed by atoms with E-state index in [2.05, 4.69) is 5.32 Å². The van der Waals surface area contributed by atoms with Crippen LogP contribution in [0.15, 0.2) is 42.5 Å². The number of amides is 2. The summed E-state index contributed by atoms with van der Waals surface area (Å²) < 4.78 is 5.31. The molecule has 0 unspecified atom stereocenters. The predicted molar refractivity (Wildman–Crippen MR) is 122 cm³/mol. The molecule has 0 radical (unpaired) electrons. The van der Waals surface area contributed by atoms with Gasteiger partial charge in [0.15, 0.2) is 0 Å². The van der Waals surface area contributed by atoms with Crippen molar-refractivity contribution >= 4 is 40.7 Å². The van der Waals surface area contributed by atoms with Crippen molar-refractivity contribution in [2.24, 2.45) is 5.73 Å². The lowest BCUT2D eigenvalue weighted by Crippen LogP contribution is -2.42. The van der Waals surface area contributed by atoms with Crippen LogP contribution in [0.2, 0.25) is 0 Å². The summed E-state index contributed by atoms with van der Waals surface area (Å²) in [4.78, 5) is 39.1. The average molecular weight is 440 g/mol. The summed E-state index contributed by atoms with van der Waals surface area (Å²) in [5.41, 5.74) is 8.08. The Morgan fingerprint density at radius 1 is 1.13 bits per heavy atom. The summed E-state index contributed by atoms with van der Waals surface area (Å²) in [6.07, 6.45) is 0.580. The zero-order valence-corrected chi connectivity index (χ0v) is 18.5. The lowest BCUT2D eigenvalue weighted by Gasteiger charge is -2.29. The molecule has 0 atom stereocenters. The normalized spacial score (nSPS) is 13.4. The number of fused-ring (bicyclic) bond motifs is 1. The fourth-order valence-electron chi connectivity index (χ4n) is 3.28. The first-order valence-corrected chi connectivity index (χ1v) is 10.3. The van der Waals surface area contributed by atoms with Gasteiger partial charge in [-0.2, -0.15) is 0 Å². The van der Waals surface area contributed by atoms with E-state index in [1.807, 2.05) is 0 Å². The highest BCUT2D eigenvalue weighted by atomic mass is 32.1. The largest absolute Gasteiger partial charge is 0.459 e. The molecular weight excluding hydrogens is 414 g/mol. The van der Waals surface area contributed by atoms with E-state index >= 15 is 0 Å². The first kappa shape index (κ1) is 22.4. The minimum absolute atomic E-state index is 0.0870. The maximum Gasteiger partial charge on any atom is 0.326 e. The maximum absolute atomic E-state index is 12.8. The highest BCUT2D eigenvalue weighted by molar-refractivity contribution is 7.80. The van der Waals surface area contributed by atoms with Crippen molar-refractivity contribution in [3.63, 3.8) is 0 Å². The molecule has 1 aliphatic heterocycles. The van der Waals surface area contributed by atoms with Crippen molar-refractivity contribution in [3.05, 3.63) is 64.7 Å². The molecule has 0 bridgehead atoms. The first-order chi connectivity index (χ1) is 14.5. The average Bonchev–Trinajstić information content (AvgIpc) is 2.69. The van der Waals surface area contributed by atoms with Gasteiger partial charge < -0.3 is 20.7 Å². The molecule has 3 rings (SSSR count). The fraction of sp³-hybridized carbons (Fsp3) is 0.304. The van der Waals surface area contributed by atoms with Crippen LogP contribution in [0.1, 0.15) is 52.6 Å². The number of benzene rings is 2. The Morgan fingerprint density at radius 2 is 1.77 bits per heavy atom. The summed E-state index contributed by atoms with van der Waals surface area (Å²) in [6, 6.07) is 11.8. The van der Waals surface area contributed by atoms with E-state index in [0.717, 1.165) is 5.56 Å². The summed E-state index contributed by atoms with van der Waals surface area (Å²) in [6.45, 7) is 5.68. The number of hydrogen-bond acceptors (Lipinski definition) is 5. The monoisotopic (exact) mass is 439 g/mol. The Hall–Kier alpha value is -3.26. The summed E-state index contributed by atoms with van der Waals surface area (Å²) in [5.74, 6) is -0.934. The van der Waals surface area contributed by atoms with Gasteiger partial charge in [-0.3, -0.25) is 14.4 Å². The topological polar surface area (TPSA) is 102 Å². The van der Waals surface area contributed by atoms with Crippen LogP contribution in [0, 0.1) is 0 Å². The molecule has 162 valence electrons. The van der Waals surface area contributed by atoms with Crippen LogP contribution < -0.4 is 11.1 Å². The Labute approximate surface area is 186 Å². The van der Waals surface area contributed by atoms with Crippen LogP contribution in [0.4, 0.5) is 5.69 Å². The molecule has 2 amide bonds. The minimum Gasteiger partial charge on any atom is -0.459 e. The number of nitrogens with one attached hydrogen (secondary N) is 1. The third-order valence-corrected chi connectivity index (χ3v) is 4.94. The molecule has 1 heterocycles. The van der Waals surface area contributed by atoms with Crippen molar-refractivity contribution in [2.75, 3.05) is 18.4 Å². The number of carbonyl (C=O) groups excluding carboxylic acids is 3. The highest BCUT2D eigenvalue weighted by Crippen LogP contribution is 2.23. The van der Waals surface area contributed by atoms with Crippen LogP contribution in [0.25, 0.3) is 0 Å². The molecule has 2 aromatic rings. The molecule has 31 heavy (non-hydrogen) atoms. The van der Waals surface area contributed by atoms with E-state index in [4.69, 9.17) is 22.7 Å². The number of hydrogen-bond donors (Lipinski definition) is 2. The second kappa shape index (κ2) is 8.85. The number of nitrogens with two attached hydrogens (primary N) is 1. The zero-order valence-electron chi connectivity index (χ0n) is 17.7. The number of carbonyl (C=O) groups is 3. The van der Waals surface area contributed by atoms with E-state index in [1.54, 1.807) is 63.2 Å². The number of thiocarbonyl (C=S) groups is 1. The second-order valence-electron chi connectivity index (χ2n) is 8.33. The zero-order chi connectivity index (χ0) is 22.8. The number of anilines is 1. The number of rotatable bonds is 5. The summed E-state index contributed by atoms with van der Waals surface area (Å²) in [5, 5.41) is 2.84. The number of ether oxygens (including phenoxy) is 1. The van der Waals surface area contributed by atoms with Gasteiger partial charge in [0, 0.05) is 28.9 Å². The third-order valence-electron chi connectivity index (χ3n) is 4.70. The smallest absolute Gasteiger partial charge is 0.326 e. The Bertz CT molecular complexity index is 1040. The van der Waals surface area contributed by atoms with Crippen molar-refractivity contribution in [1.82, 2.24) is 4.90 Å². The molecule has 2 aromatic carbocycles. The van der Waals surface area contributed by atoms with Crippen molar-refractivity contribution < 1.29 is 19.1 Å². The first-order valence-electron chi connectivity index (χ1n) is 9.89. The number of esters is 1. The molecule has 3 N–H and O–H groups in total. The summed E-state index contributed by atoms with van der Waals surface area (Å²) in [7, 11) is 0. The van der Waals surface area contributed by atoms with E-state index in [1.165, 1.54) is 4.90 Å². The maximum atomic E-state index is 12.8. The Kier molecular flexibility index (Phi) is 6.40. The predicted octanol–water partition coefficient (Wildman–Crippen LogP) is 2.91. The third kappa shape index (κ3) is 5.67. The summed E-state index contributed by atoms with van der Waals surface area (Å²) >= 11 is 4.92. The van der Waals surface area contributed by atoms with Crippen LogP contribution in [0.5, 0.6) is 0 Å². The quantitative estimate of drug-likeness (QED) is 0.549. The van der Waals surface area contributed by atoms with Crippen LogP contribution in [-0.2, 0) is 16.0 Å². The van der Waals surface area contributed by atoms with Gasteiger partial charge in [0.2, 0.25) is 0 Å². The molecule has 7 nitrogen and oxygen atoms in total. The Balaban J connectivity index is 1.67. The molecular formula is C23H25N3O4S. The van der Waals surface area contributed by atoms with Gasteiger partial charge in [-0.1, -0.05) is 24.4 Å². The second-order valence-corrected chi connectivity index (χ2v) is 8.77. The van der Waals surface area contributed by atoms with Crippen LogP contribution >= 0.6 is 12.2 Å². The van der Waals surface area contributed by atoms with E-state index < -0.39 is 11.6 Å². The van der Waals surface area contributed by atoms with E-state index in [9.17, 15) is 14.4 Å². The number of nitrogens with zero attached hydrogens (tertiary/aromatic N) is 1. The highest BCUT2D eigenvalue weighted by Gasteiger charge is 2.28.